The van der Waals surface area contributed by atoms with Crippen molar-refractivity contribution in [3.63, 3.8) is 0 Å². The summed E-state index contributed by atoms with van der Waals surface area (Å²) < 4.78 is 0. The van der Waals surface area contributed by atoms with Crippen molar-refractivity contribution in [3.05, 3.63) is 0 Å². The van der Waals surface area contributed by atoms with E-state index in [4.69, 9.17) is 0 Å². The molecule has 0 amide bonds. The normalized spacial score (nSPS) is 13.2. The van der Waals surface area contributed by atoms with Crippen LogP contribution in [0.1, 0.15) is 52.4 Å². The van der Waals surface area contributed by atoms with Crippen LogP contribution in [0.3, 0.4) is 0 Å². The first kappa shape index (κ1) is 16.8. The molecule has 0 fully saturated rings. The second-order valence-electron chi connectivity index (χ2n) is 4.85. The van der Waals surface area contributed by atoms with Crippen molar-refractivity contribution in [2.45, 2.75) is 52.4 Å². The highest BCUT2D eigenvalue weighted by molar-refractivity contribution is 5.32. The van der Waals surface area contributed by atoms with Crippen molar-refractivity contribution in [1.82, 2.24) is 0 Å². The number of nitrogens with zero attached hydrogens (tertiary/aromatic N) is 2. The average Bonchev–Trinajstić information content (AvgIpc) is 2.38. The fourth-order valence-corrected chi connectivity index (χ4v) is 2.24. The Kier molecular flexibility index (Phi) is 11.4. The van der Waals surface area contributed by atoms with E-state index in [0.29, 0.717) is 24.9 Å². The minimum atomic E-state index is 0.596. The summed E-state index contributed by atoms with van der Waals surface area (Å²) >= 11 is 0. The molecule has 0 aliphatic carbocycles. The predicted molar refractivity (Wildman–Crippen MR) is 72.0 cm³/mol. The molecule has 0 aliphatic heterocycles. The number of aliphatic imine (C=N–C) groups is 2. The third kappa shape index (κ3) is 9.95. The monoisotopic (exact) mass is 252 g/mol. The van der Waals surface area contributed by atoms with Gasteiger partial charge in [-0.15, -0.1) is 0 Å². The molecule has 4 nitrogen and oxygen atoms in total. The van der Waals surface area contributed by atoms with Gasteiger partial charge in [0.2, 0.25) is 12.2 Å². The van der Waals surface area contributed by atoms with E-state index in [9.17, 15) is 9.59 Å². The summed E-state index contributed by atoms with van der Waals surface area (Å²) in [6.07, 6.45) is 9.67. The first-order chi connectivity index (χ1) is 8.74. The molecular weight excluding hydrogens is 228 g/mol. The van der Waals surface area contributed by atoms with Crippen molar-refractivity contribution >= 4 is 12.2 Å². The summed E-state index contributed by atoms with van der Waals surface area (Å²) in [5.41, 5.74) is 0. The molecule has 0 bridgehead atoms. The highest BCUT2D eigenvalue weighted by atomic mass is 16.1. The van der Waals surface area contributed by atoms with Crippen molar-refractivity contribution in [2.75, 3.05) is 13.1 Å². The van der Waals surface area contributed by atoms with Gasteiger partial charge in [0.15, 0.2) is 0 Å². The minimum Gasteiger partial charge on any atom is -0.211 e. The van der Waals surface area contributed by atoms with Crippen LogP contribution in [-0.2, 0) is 9.59 Å². The maximum atomic E-state index is 9.94. The standard InChI is InChI=1S/C14H24N2O2/c1-3-14(7-5-9-16-12-18)10-13(2)6-4-8-15-11-17/h13-14H,3-10H2,1-2H3. The van der Waals surface area contributed by atoms with Crippen LogP contribution in [0.5, 0.6) is 0 Å². The topological polar surface area (TPSA) is 58.9 Å². The zero-order valence-electron chi connectivity index (χ0n) is 11.5. The predicted octanol–water partition coefficient (Wildman–Crippen LogP) is 3.27. The fourth-order valence-electron chi connectivity index (χ4n) is 2.24. The number of hydrogen-bond donors (Lipinski definition) is 0. The Hall–Kier alpha value is -1.24. The zero-order valence-corrected chi connectivity index (χ0v) is 11.5. The van der Waals surface area contributed by atoms with Crippen LogP contribution in [0.25, 0.3) is 0 Å². The Bertz CT molecular complexity index is 292. The average molecular weight is 252 g/mol. The molecule has 0 saturated heterocycles. The first-order valence-corrected chi connectivity index (χ1v) is 6.81. The first-order valence-electron chi connectivity index (χ1n) is 6.81. The third-order valence-electron chi connectivity index (χ3n) is 3.29. The van der Waals surface area contributed by atoms with Crippen molar-refractivity contribution in [3.8, 4) is 0 Å². The van der Waals surface area contributed by atoms with E-state index in [1.807, 2.05) is 0 Å². The highest BCUT2D eigenvalue weighted by Gasteiger charge is 2.11. The zero-order chi connectivity index (χ0) is 13.6. The smallest absolute Gasteiger partial charge is 0.211 e. The maximum Gasteiger partial charge on any atom is 0.234 e. The van der Waals surface area contributed by atoms with Gasteiger partial charge in [0.1, 0.15) is 0 Å². The van der Waals surface area contributed by atoms with Gasteiger partial charge in [0, 0.05) is 0 Å². The molecule has 2 atom stereocenters. The summed E-state index contributed by atoms with van der Waals surface area (Å²) in [5, 5.41) is 0. The third-order valence-corrected chi connectivity index (χ3v) is 3.29. The van der Waals surface area contributed by atoms with Crippen LogP contribution in [0.2, 0.25) is 0 Å². The van der Waals surface area contributed by atoms with E-state index >= 15 is 0 Å². The molecule has 0 rings (SSSR count). The molecule has 0 spiro atoms. The Morgan fingerprint density at radius 1 is 1.00 bits per heavy atom. The fraction of sp³-hybridized carbons (Fsp3) is 0.857. The lowest BCUT2D eigenvalue weighted by Crippen LogP contribution is -2.07. The van der Waals surface area contributed by atoms with Gasteiger partial charge in [-0.05, 0) is 43.9 Å². The summed E-state index contributed by atoms with van der Waals surface area (Å²) in [4.78, 5) is 27.0. The summed E-state index contributed by atoms with van der Waals surface area (Å²) in [7, 11) is 0. The largest absolute Gasteiger partial charge is 0.234 e. The molecular formula is C14H24N2O2. The second-order valence-corrected chi connectivity index (χ2v) is 4.85. The van der Waals surface area contributed by atoms with Crippen LogP contribution >= 0.6 is 0 Å². The van der Waals surface area contributed by atoms with Crippen LogP contribution in [0.4, 0.5) is 0 Å². The molecule has 0 aliphatic rings. The Morgan fingerprint density at radius 3 is 2.06 bits per heavy atom. The maximum absolute atomic E-state index is 9.94. The number of hydrogen-bond acceptors (Lipinski definition) is 4. The van der Waals surface area contributed by atoms with E-state index < -0.39 is 0 Å². The van der Waals surface area contributed by atoms with Gasteiger partial charge in [-0.2, -0.15) is 0 Å². The molecule has 0 heterocycles. The van der Waals surface area contributed by atoms with Gasteiger partial charge in [-0.25, -0.2) is 19.6 Å². The van der Waals surface area contributed by atoms with Crippen LogP contribution in [0.15, 0.2) is 9.98 Å². The summed E-state index contributed by atoms with van der Waals surface area (Å²) in [6.45, 7) is 5.65. The summed E-state index contributed by atoms with van der Waals surface area (Å²) in [6, 6.07) is 0. The van der Waals surface area contributed by atoms with E-state index in [1.165, 1.54) is 12.8 Å². The van der Waals surface area contributed by atoms with E-state index in [0.717, 1.165) is 25.7 Å². The van der Waals surface area contributed by atoms with E-state index in [2.05, 4.69) is 23.8 Å². The van der Waals surface area contributed by atoms with Gasteiger partial charge in [-0.1, -0.05) is 20.3 Å². The number of carbonyl (C=O) groups excluding carboxylic acids is 2. The van der Waals surface area contributed by atoms with Gasteiger partial charge in [0.05, 0.1) is 13.1 Å². The van der Waals surface area contributed by atoms with Gasteiger partial charge >= 0.3 is 0 Å². The molecule has 0 radical (unpaired) electrons. The van der Waals surface area contributed by atoms with Crippen molar-refractivity contribution < 1.29 is 9.59 Å². The molecule has 18 heavy (non-hydrogen) atoms. The molecule has 0 aromatic rings. The van der Waals surface area contributed by atoms with E-state index in [-0.39, 0.29) is 0 Å². The van der Waals surface area contributed by atoms with Gasteiger partial charge in [-0.3, -0.25) is 0 Å². The molecule has 0 N–H and O–H groups in total. The molecule has 0 aromatic heterocycles. The van der Waals surface area contributed by atoms with Crippen LogP contribution in [0, 0.1) is 11.8 Å². The Labute approximate surface area is 110 Å². The molecule has 102 valence electrons. The summed E-state index contributed by atoms with van der Waals surface area (Å²) in [5.74, 6) is 1.36. The van der Waals surface area contributed by atoms with Gasteiger partial charge in [0.25, 0.3) is 0 Å². The highest BCUT2D eigenvalue weighted by Crippen LogP contribution is 2.23. The molecule has 2 unspecified atom stereocenters. The lowest BCUT2D eigenvalue weighted by molar-refractivity contribution is 0.339. The minimum absolute atomic E-state index is 0.596. The molecule has 0 aromatic carbocycles. The Balaban J connectivity index is 3.74. The second kappa shape index (κ2) is 12.2. The van der Waals surface area contributed by atoms with Crippen molar-refractivity contribution in [2.24, 2.45) is 21.8 Å². The van der Waals surface area contributed by atoms with Crippen molar-refractivity contribution in [1.29, 1.82) is 0 Å². The molecule has 4 heteroatoms. The van der Waals surface area contributed by atoms with Crippen LogP contribution in [-0.4, -0.2) is 25.2 Å². The number of rotatable bonds is 11. The lowest BCUT2D eigenvalue weighted by atomic mass is 9.88. The van der Waals surface area contributed by atoms with Gasteiger partial charge < -0.3 is 0 Å². The molecule has 0 saturated carbocycles. The Morgan fingerprint density at radius 2 is 1.56 bits per heavy atom. The lowest BCUT2D eigenvalue weighted by Gasteiger charge is -2.19. The van der Waals surface area contributed by atoms with E-state index in [1.54, 1.807) is 12.2 Å². The SMILES string of the molecule is CCC(CCCN=C=O)CC(C)CCCN=C=O. The number of isocyanates is 2. The van der Waals surface area contributed by atoms with Crippen LogP contribution < -0.4 is 0 Å². The quantitative estimate of drug-likeness (QED) is 0.322.